The Morgan fingerprint density at radius 1 is 1.23 bits per heavy atom. The van der Waals surface area contributed by atoms with Crippen LogP contribution < -0.4 is 11.1 Å². The Morgan fingerprint density at radius 2 is 1.77 bits per heavy atom. The largest absolute Gasteiger partial charge is 0.469 e. The second kappa shape index (κ2) is 7.43. The van der Waals surface area contributed by atoms with Gasteiger partial charge in [0.05, 0.1) is 7.11 Å². The van der Waals surface area contributed by atoms with E-state index < -0.39 is 46.8 Å². The minimum atomic E-state index is -1.42. The lowest BCUT2D eigenvalue weighted by atomic mass is 10.1. The van der Waals surface area contributed by atoms with Gasteiger partial charge in [0.1, 0.15) is 29.1 Å². The number of hydrogen-bond acceptors (Lipinski definition) is 4. The molecule has 2 amide bonds. The Balaban J connectivity index is 2.88. The molecule has 1 rings (SSSR count). The van der Waals surface area contributed by atoms with Crippen LogP contribution in [0.5, 0.6) is 0 Å². The van der Waals surface area contributed by atoms with Crippen molar-refractivity contribution in [1.29, 1.82) is 0 Å². The number of hydrogen-bond donors (Lipinski definition) is 2. The highest BCUT2D eigenvalue weighted by molar-refractivity contribution is 5.97. The predicted molar refractivity (Wildman–Crippen MR) is 68.0 cm³/mol. The topological polar surface area (TPSA) is 98.5 Å². The summed E-state index contributed by atoms with van der Waals surface area (Å²) in [5.41, 5.74) is 3.99. The molecule has 3 N–H and O–H groups in total. The Kier molecular flexibility index (Phi) is 5.90. The smallest absolute Gasteiger partial charge is 0.305 e. The number of halogens is 3. The minimum Gasteiger partial charge on any atom is -0.469 e. The third-order valence-corrected chi connectivity index (χ3v) is 2.75. The van der Waals surface area contributed by atoms with Crippen LogP contribution in [0.1, 0.15) is 23.2 Å². The highest BCUT2D eigenvalue weighted by Crippen LogP contribution is 2.15. The van der Waals surface area contributed by atoms with Crippen molar-refractivity contribution < 1.29 is 32.3 Å². The van der Waals surface area contributed by atoms with Crippen LogP contribution in [0.15, 0.2) is 12.1 Å². The summed E-state index contributed by atoms with van der Waals surface area (Å²) in [4.78, 5) is 34.0. The molecule has 0 spiro atoms. The lowest BCUT2D eigenvalue weighted by molar-refractivity contribution is -0.140. The van der Waals surface area contributed by atoms with Gasteiger partial charge in [-0.25, -0.2) is 13.2 Å². The lowest BCUT2D eigenvalue weighted by Crippen LogP contribution is -2.45. The number of primary amides is 1. The molecule has 0 bridgehead atoms. The van der Waals surface area contributed by atoms with E-state index in [0.717, 1.165) is 7.11 Å². The van der Waals surface area contributed by atoms with Gasteiger partial charge in [-0.2, -0.15) is 0 Å². The van der Waals surface area contributed by atoms with Crippen LogP contribution in [-0.4, -0.2) is 30.9 Å². The van der Waals surface area contributed by atoms with E-state index in [9.17, 15) is 27.6 Å². The number of ether oxygens (including phenoxy) is 1. The van der Waals surface area contributed by atoms with Crippen LogP contribution >= 0.6 is 0 Å². The first-order chi connectivity index (χ1) is 10.3. The van der Waals surface area contributed by atoms with Crippen molar-refractivity contribution in [3.05, 3.63) is 35.1 Å². The first-order valence-corrected chi connectivity index (χ1v) is 6.07. The lowest BCUT2D eigenvalue weighted by Gasteiger charge is -2.15. The molecule has 1 aromatic rings. The van der Waals surface area contributed by atoms with Gasteiger partial charge in [0.2, 0.25) is 5.91 Å². The van der Waals surface area contributed by atoms with Gasteiger partial charge in [-0.05, 0) is 6.42 Å². The van der Waals surface area contributed by atoms with Crippen molar-refractivity contribution in [3.8, 4) is 0 Å². The van der Waals surface area contributed by atoms with Crippen molar-refractivity contribution in [2.75, 3.05) is 7.11 Å². The van der Waals surface area contributed by atoms with E-state index >= 15 is 0 Å². The number of carbonyl (C=O) groups excluding carboxylic acids is 3. The van der Waals surface area contributed by atoms with Crippen LogP contribution in [0, 0.1) is 17.5 Å². The predicted octanol–water partition coefficient (Wildman–Crippen LogP) is 0.641. The number of carbonyl (C=O) groups is 3. The zero-order chi connectivity index (χ0) is 16.9. The summed E-state index contributed by atoms with van der Waals surface area (Å²) in [6.07, 6.45) is -0.447. The number of rotatable bonds is 6. The van der Waals surface area contributed by atoms with Crippen molar-refractivity contribution >= 4 is 17.8 Å². The highest BCUT2D eigenvalue weighted by Gasteiger charge is 2.24. The number of amides is 2. The molecule has 0 aromatic heterocycles. The normalized spacial score (nSPS) is 11.6. The van der Waals surface area contributed by atoms with Gasteiger partial charge >= 0.3 is 5.97 Å². The Labute approximate surface area is 123 Å². The highest BCUT2D eigenvalue weighted by atomic mass is 19.1. The minimum absolute atomic E-state index is 0.210. The molecule has 0 radical (unpaired) electrons. The Bertz CT molecular complexity index is 584. The fraction of sp³-hybridized carbons (Fsp3) is 0.308. The van der Waals surface area contributed by atoms with Crippen molar-refractivity contribution in [2.24, 2.45) is 5.73 Å². The van der Waals surface area contributed by atoms with E-state index in [1.54, 1.807) is 0 Å². The van der Waals surface area contributed by atoms with Gasteiger partial charge in [-0.3, -0.25) is 14.4 Å². The molecule has 0 heterocycles. The Morgan fingerprint density at radius 3 is 2.23 bits per heavy atom. The van der Waals surface area contributed by atoms with Gasteiger partial charge in [-0.1, -0.05) is 0 Å². The molecule has 0 saturated carbocycles. The number of esters is 1. The van der Waals surface area contributed by atoms with Crippen LogP contribution in [0.25, 0.3) is 0 Å². The number of nitrogens with two attached hydrogens (primary N) is 1. The molecule has 1 atom stereocenters. The molecule has 0 saturated heterocycles. The summed E-state index contributed by atoms with van der Waals surface area (Å²) >= 11 is 0. The summed E-state index contributed by atoms with van der Waals surface area (Å²) in [6.45, 7) is 0. The number of benzene rings is 1. The van der Waals surface area contributed by atoms with Crippen molar-refractivity contribution in [1.82, 2.24) is 5.32 Å². The molecule has 9 heteroatoms. The molecule has 0 aliphatic heterocycles. The quantitative estimate of drug-likeness (QED) is 0.752. The Hall–Kier alpha value is -2.58. The summed E-state index contributed by atoms with van der Waals surface area (Å²) in [6, 6.07) is -0.687. The third-order valence-electron chi connectivity index (χ3n) is 2.75. The van der Waals surface area contributed by atoms with E-state index in [0.29, 0.717) is 12.1 Å². The molecular formula is C13H13F3N2O4. The monoisotopic (exact) mass is 318 g/mol. The maximum atomic E-state index is 13.5. The first-order valence-electron chi connectivity index (χ1n) is 6.07. The number of nitrogens with one attached hydrogen (secondary N) is 1. The summed E-state index contributed by atoms with van der Waals surface area (Å²) in [5, 5.41) is 1.99. The van der Waals surface area contributed by atoms with Crippen molar-refractivity contribution in [2.45, 2.75) is 18.9 Å². The molecule has 0 fully saturated rings. The summed E-state index contributed by atoms with van der Waals surface area (Å²) in [5.74, 6) is -6.98. The zero-order valence-corrected chi connectivity index (χ0v) is 11.5. The third kappa shape index (κ3) is 4.47. The average molecular weight is 318 g/mol. The van der Waals surface area contributed by atoms with E-state index in [4.69, 9.17) is 5.73 Å². The molecule has 120 valence electrons. The fourth-order valence-electron chi connectivity index (χ4n) is 1.64. The number of methoxy groups -OCH3 is 1. The second-order valence-electron chi connectivity index (χ2n) is 4.29. The summed E-state index contributed by atoms with van der Waals surface area (Å²) < 4.78 is 44.0. The molecule has 0 unspecified atom stereocenters. The molecule has 0 aliphatic rings. The standard InChI is InChI=1S/C13H13F3N2O4/c1-22-10(19)3-2-9(12(17)20)18-13(21)11-7(15)4-6(14)5-8(11)16/h4-5,9H,2-3H2,1H3,(H2,17,20)(H,18,21)/t9-/m1/s1. The van der Waals surface area contributed by atoms with Crippen LogP contribution in [0.4, 0.5) is 13.2 Å². The van der Waals surface area contributed by atoms with E-state index in [1.807, 2.05) is 5.32 Å². The van der Waals surface area contributed by atoms with Crippen molar-refractivity contribution in [3.63, 3.8) is 0 Å². The van der Waals surface area contributed by atoms with Crippen LogP contribution in [-0.2, 0) is 14.3 Å². The van der Waals surface area contributed by atoms with Gasteiger partial charge in [0.15, 0.2) is 0 Å². The van der Waals surface area contributed by atoms with Gasteiger partial charge in [-0.15, -0.1) is 0 Å². The van der Waals surface area contributed by atoms with Crippen LogP contribution in [0.2, 0.25) is 0 Å². The molecule has 0 aliphatic carbocycles. The zero-order valence-electron chi connectivity index (χ0n) is 11.5. The fourth-order valence-corrected chi connectivity index (χ4v) is 1.64. The molecule has 6 nitrogen and oxygen atoms in total. The molecular weight excluding hydrogens is 305 g/mol. The second-order valence-corrected chi connectivity index (χ2v) is 4.29. The van der Waals surface area contributed by atoms with Crippen LogP contribution in [0.3, 0.4) is 0 Å². The maximum Gasteiger partial charge on any atom is 0.305 e. The van der Waals surface area contributed by atoms with E-state index in [-0.39, 0.29) is 12.8 Å². The first kappa shape index (κ1) is 17.5. The molecule has 1 aromatic carbocycles. The maximum absolute atomic E-state index is 13.5. The van der Waals surface area contributed by atoms with Gasteiger partial charge in [0, 0.05) is 18.6 Å². The average Bonchev–Trinajstić information content (AvgIpc) is 2.41. The van der Waals surface area contributed by atoms with Gasteiger partial charge < -0.3 is 15.8 Å². The van der Waals surface area contributed by atoms with E-state index in [1.165, 1.54) is 0 Å². The summed E-state index contributed by atoms with van der Waals surface area (Å²) in [7, 11) is 1.13. The SMILES string of the molecule is COC(=O)CC[C@@H](NC(=O)c1c(F)cc(F)cc1F)C(N)=O. The molecule has 22 heavy (non-hydrogen) atoms. The van der Waals surface area contributed by atoms with Gasteiger partial charge in [0.25, 0.3) is 5.91 Å². The van der Waals surface area contributed by atoms with E-state index in [2.05, 4.69) is 4.74 Å².